The molecular formula is C15H10ClFN2O. The Balaban J connectivity index is 2.21. The van der Waals surface area contributed by atoms with E-state index in [1.165, 1.54) is 12.1 Å². The van der Waals surface area contributed by atoms with E-state index >= 15 is 0 Å². The van der Waals surface area contributed by atoms with Crippen molar-refractivity contribution in [3.63, 3.8) is 0 Å². The molecule has 2 aromatic rings. The van der Waals surface area contributed by atoms with Gasteiger partial charge in [-0.3, -0.25) is 4.79 Å². The minimum atomic E-state index is -0.994. The third-order valence-electron chi connectivity index (χ3n) is 2.71. The maximum absolute atomic E-state index is 13.6. The van der Waals surface area contributed by atoms with Crippen LogP contribution in [0.5, 0.6) is 0 Å². The zero-order chi connectivity index (χ0) is 14.5. The lowest BCUT2D eigenvalue weighted by Gasteiger charge is -2.11. The lowest BCUT2D eigenvalue weighted by molar-refractivity contribution is -0.116. The Morgan fingerprint density at radius 2 is 1.95 bits per heavy atom. The van der Waals surface area contributed by atoms with Crippen LogP contribution in [0.15, 0.2) is 48.5 Å². The van der Waals surface area contributed by atoms with Gasteiger partial charge < -0.3 is 5.32 Å². The first-order valence-corrected chi connectivity index (χ1v) is 6.20. The van der Waals surface area contributed by atoms with Crippen LogP contribution in [0.25, 0.3) is 0 Å². The molecule has 1 N–H and O–H groups in total. The molecule has 0 saturated carbocycles. The Morgan fingerprint density at radius 3 is 2.55 bits per heavy atom. The van der Waals surface area contributed by atoms with Gasteiger partial charge in [0.2, 0.25) is 5.91 Å². The van der Waals surface area contributed by atoms with Crippen LogP contribution in [0.2, 0.25) is 5.02 Å². The van der Waals surface area contributed by atoms with Gasteiger partial charge in [0.25, 0.3) is 0 Å². The van der Waals surface area contributed by atoms with Crippen molar-refractivity contribution >= 4 is 23.2 Å². The summed E-state index contributed by atoms with van der Waals surface area (Å²) < 4.78 is 13.6. The van der Waals surface area contributed by atoms with E-state index in [1.807, 2.05) is 6.07 Å². The maximum atomic E-state index is 13.6. The van der Waals surface area contributed by atoms with E-state index in [2.05, 4.69) is 5.32 Å². The van der Waals surface area contributed by atoms with Crippen LogP contribution in [-0.4, -0.2) is 5.91 Å². The van der Waals surface area contributed by atoms with Crippen LogP contribution >= 0.6 is 11.6 Å². The van der Waals surface area contributed by atoms with Gasteiger partial charge in [-0.05, 0) is 23.8 Å². The summed E-state index contributed by atoms with van der Waals surface area (Å²) in [6.45, 7) is 0. The number of benzene rings is 2. The second-order valence-electron chi connectivity index (χ2n) is 4.09. The molecule has 0 aliphatic carbocycles. The highest BCUT2D eigenvalue weighted by Crippen LogP contribution is 2.22. The summed E-state index contributed by atoms with van der Waals surface area (Å²) in [6.07, 6.45) is 0. The summed E-state index contributed by atoms with van der Waals surface area (Å²) in [6, 6.07) is 14.4. The van der Waals surface area contributed by atoms with Crippen LogP contribution in [0.3, 0.4) is 0 Å². The van der Waals surface area contributed by atoms with Gasteiger partial charge in [-0.25, -0.2) is 4.39 Å². The zero-order valence-electron chi connectivity index (χ0n) is 10.3. The minimum absolute atomic E-state index is 0.00409. The van der Waals surface area contributed by atoms with E-state index < -0.39 is 17.6 Å². The molecule has 0 saturated heterocycles. The molecule has 0 fully saturated rings. The molecule has 1 unspecified atom stereocenters. The molecule has 2 rings (SSSR count). The first-order valence-electron chi connectivity index (χ1n) is 5.82. The van der Waals surface area contributed by atoms with E-state index in [1.54, 1.807) is 30.3 Å². The molecule has 0 aliphatic heterocycles. The van der Waals surface area contributed by atoms with Gasteiger partial charge in [-0.1, -0.05) is 41.9 Å². The molecule has 1 atom stereocenters. The number of nitrogens with one attached hydrogen (secondary N) is 1. The van der Waals surface area contributed by atoms with Crippen molar-refractivity contribution in [1.82, 2.24) is 0 Å². The van der Waals surface area contributed by atoms with Gasteiger partial charge >= 0.3 is 0 Å². The van der Waals surface area contributed by atoms with Crippen molar-refractivity contribution in [2.24, 2.45) is 0 Å². The van der Waals surface area contributed by atoms with E-state index in [-0.39, 0.29) is 10.7 Å². The lowest BCUT2D eigenvalue weighted by Crippen LogP contribution is -2.20. The number of anilines is 1. The first kappa shape index (κ1) is 14.0. The highest BCUT2D eigenvalue weighted by Gasteiger charge is 2.20. The number of carbonyl (C=O) groups excluding carboxylic acids is 1. The van der Waals surface area contributed by atoms with Crippen LogP contribution in [0, 0.1) is 17.1 Å². The van der Waals surface area contributed by atoms with Crippen molar-refractivity contribution in [3.05, 3.63) is 64.9 Å². The lowest BCUT2D eigenvalue weighted by atomic mass is 10.00. The monoisotopic (exact) mass is 288 g/mol. The number of halogens is 2. The number of nitrogens with zero attached hydrogens (tertiary/aromatic N) is 1. The Morgan fingerprint density at radius 1 is 1.25 bits per heavy atom. The molecule has 2 aromatic carbocycles. The summed E-state index contributed by atoms with van der Waals surface area (Å²) in [5, 5.41) is 11.7. The molecule has 0 spiro atoms. The van der Waals surface area contributed by atoms with Gasteiger partial charge in [0.1, 0.15) is 5.82 Å². The van der Waals surface area contributed by atoms with Gasteiger partial charge in [0.05, 0.1) is 11.8 Å². The molecule has 0 bridgehead atoms. The molecule has 5 heteroatoms. The fraction of sp³-hybridized carbons (Fsp3) is 0.0667. The highest BCUT2D eigenvalue weighted by atomic mass is 35.5. The Bertz CT molecular complexity index is 667. The smallest absolute Gasteiger partial charge is 0.246 e. The molecule has 0 heterocycles. The van der Waals surface area contributed by atoms with E-state index in [4.69, 9.17) is 16.9 Å². The molecule has 3 nitrogen and oxygen atoms in total. The van der Waals surface area contributed by atoms with Crippen molar-refractivity contribution < 1.29 is 9.18 Å². The average molecular weight is 289 g/mol. The molecule has 1 amide bonds. The van der Waals surface area contributed by atoms with Crippen LogP contribution in [0.4, 0.5) is 10.1 Å². The topological polar surface area (TPSA) is 52.9 Å². The van der Waals surface area contributed by atoms with Crippen molar-refractivity contribution in [3.8, 4) is 6.07 Å². The number of amides is 1. The molecule has 0 aliphatic rings. The zero-order valence-corrected chi connectivity index (χ0v) is 11.1. The number of rotatable bonds is 3. The summed E-state index contributed by atoms with van der Waals surface area (Å²) >= 11 is 5.63. The first-order chi connectivity index (χ1) is 9.61. The van der Waals surface area contributed by atoms with Gasteiger partial charge in [0.15, 0.2) is 5.92 Å². The predicted octanol–water partition coefficient (Wildman–Crippen LogP) is 3.72. The second-order valence-corrected chi connectivity index (χ2v) is 4.52. The number of hydrogen-bond donors (Lipinski definition) is 1. The largest absolute Gasteiger partial charge is 0.322 e. The molecular weight excluding hydrogens is 279 g/mol. The Labute approximate surface area is 120 Å². The number of carbonyl (C=O) groups is 1. The quantitative estimate of drug-likeness (QED) is 0.935. The molecule has 20 heavy (non-hydrogen) atoms. The van der Waals surface area contributed by atoms with Crippen LogP contribution in [-0.2, 0) is 4.79 Å². The molecule has 0 radical (unpaired) electrons. The highest BCUT2D eigenvalue weighted by molar-refractivity contribution is 6.30. The minimum Gasteiger partial charge on any atom is -0.322 e. The number of nitriles is 1. The van der Waals surface area contributed by atoms with Gasteiger partial charge in [-0.2, -0.15) is 5.26 Å². The molecule has 0 aromatic heterocycles. The van der Waals surface area contributed by atoms with Crippen LogP contribution < -0.4 is 5.32 Å². The number of hydrogen-bond acceptors (Lipinski definition) is 2. The summed E-state index contributed by atoms with van der Waals surface area (Å²) in [7, 11) is 0. The Kier molecular flexibility index (Phi) is 4.34. The summed E-state index contributed by atoms with van der Waals surface area (Å²) in [5.41, 5.74) is 0.553. The van der Waals surface area contributed by atoms with Gasteiger partial charge in [-0.15, -0.1) is 0 Å². The third kappa shape index (κ3) is 3.14. The second kappa shape index (κ2) is 6.18. The van der Waals surface area contributed by atoms with Crippen molar-refractivity contribution in [2.75, 3.05) is 5.32 Å². The standard InChI is InChI=1S/C15H10ClFN2O/c16-11-6-7-14(13(17)8-11)19-15(20)12(9-18)10-4-2-1-3-5-10/h1-8,12H,(H,19,20). The summed E-state index contributed by atoms with van der Waals surface area (Å²) in [4.78, 5) is 12.0. The fourth-order valence-corrected chi connectivity index (χ4v) is 1.88. The SMILES string of the molecule is N#CC(C(=O)Nc1ccc(Cl)cc1F)c1ccccc1. The van der Waals surface area contributed by atoms with E-state index in [9.17, 15) is 9.18 Å². The van der Waals surface area contributed by atoms with Crippen LogP contribution in [0.1, 0.15) is 11.5 Å². The maximum Gasteiger partial charge on any atom is 0.246 e. The molecule has 100 valence electrons. The van der Waals surface area contributed by atoms with E-state index in [0.717, 1.165) is 6.07 Å². The third-order valence-corrected chi connectivity index (χ3v) is 2.95. The van der Waals surface area contributed by atoms with Gasteiger partial charge in [0, 0.05) is 5.02 Å². The van der Waals surface area contributed by atoms with E-state index in [0.29, 0.717) is 5.56 Å². The average Bonchev–Trinajstić information content (AvgIpc) is 2.44. The normalized spacial score (nSPS) is 11.4. The van der Waals surface area contributed by atoms with Crippen molar-refractivity contribution in [1.29, 1.82) is 5.26 Å². The van der Waals surface area contributed by atoms with Crippen molar-refractivity contribution in [2.45, 2.75) is 5.92 Å². The Hall–Kier alpha value is -2.38. The fourth-order valence-electron chi connectivity index (χ4n) is 1.73. The predicted molar refractivity (Wildman–Crippen MR) is 74.8 cm³/mol. The summed E-state index contributed by atoms with van der Waals surface area (Å²) in [5.74, 6) is -2.22.